The minimum absolute atomic E-state index is 0.119. The van der Waals surface area contributed by atoms with Crippen molar-refractivity contribution in [1.82, 2.24) is 5.32 Å². The average Bonchev–Trinajstić information content (AvgIpc) is 2.26. The average molecular weight is 236 g/mol. The van der Waals surface area contributed by atoms with Gasteiger partial charge in [-0.1, -0.05) is 6.07 Å². The number of ether oxygens (including phenoxy) is 1. The topological polar surface area (TPSA) is 84.6 Å². The molecule has 0 radical (unpaired) electrons. The van der Waals surface area contributed by atoms with Crippen LogP contribution in [0.1, 0.15) is 23.2 Å². The Balaban J connectivity index is 1.99. The van der Waals surface area contributed by atoms with E-state index in [1.54, 1.807) is 25.3 Å². The van der Waals surface area contributed by atoms with Gasteiger partial charge in [0.25, 0.3) is 5.91 Å². The maximum Gasteiger partial charge on any atom is 0.255 e. The molecule has 17 heavy (non-hydrogen) atoms. The molecule has 0 unspecified atom stereocenters. The van der Waals surface area contributed by atoms with Crippen molar-refractivity contribution in [1.29, 1.82) is 0 Å². The Morgan fingerprint density at radius 2 is 2.24 bits per heavy atom. The van der Waals surface area contributed by atoms with Crippen LogP contribution in [0, 0.1) is 0 Å². The molecular weight excluding hydrogens is 220 g/mol. The number of anilines is 1. The Morgan fingerprint density at radius 1 is 1.53 bits per heavy atom. The first kappa shape index (κ1) is 11.7. The summed E-state index contributed by atoms with van der Waals surface area (Å²) >= 11 is 0. The largest absolute Gasteiger partial charge is 0.505 e. The van der Waals surface area contributed by atoms with E-state index in [0.717, 1.165) is 12.8 Å². The van der Waals surface area contributed by atoms with Gasteiger partial charge in [0, 0.05) is 13.2 Å². The summed E-state index contributed by atoms with van der Waals surface area (Å²) in [5, 5.41) is 12.5. The normalized spacial score (nSPS) is 22.9. The summed E-state index contributed by atoms with van der Waals surface area (Å²) in [5.41, 5.74) is 5.95. The molecule has 0 bridgehead atoms. The summed E-state index contributed by atoms with van der Waals surface area (Å²) in [5.74, 6) is -0.457. The van der Waals surface area contributed by atoms with E-state index in [-0.39, 0.29) is 35.1 Å². The highest BCUT2D eigenvalue weighted by atomic mass is 16.5. The second kappa shape index (κ2) is 4.63. The molecule has 5 heteroatoms. The third kappa shape index (κ3) is 2.34. The number of carbonyl (C=O) groups excluding carboxylic acids is 1. The Hall–Kier alpha value is -1.75. The number of phenols is 1. The van der Waals surface area contributed by atoms with Gasteiger partial charge in [-0.3, -0.25) is 4.79 Å². The maximum atomic E-state index is 11.8. The number of para-hydroxylation sites is 1. The highest BCUT2D eigenvalue weighted by Crippen LogP contribution is 2.26. The molecule has 0 atom stereocenters. The van der Waals surface area contributed by atoms with Crippen LogP contribution in [0.15, 0.2) is 18.2 Å². The van der Waals surface area contributed by atoms with E-state index in [9.17, 15) is 9.90 Å². The Kier molecular flexibility index (Phi) is 3.19. The Labute approximate surface area is 99.6 Å². The van der Waals surface area contributed by atoms with E-state index in [2.05, 4.69) is 5.32 Å². The molecule has 1 aromatic carbocycles. The van der Waals surface area contributed by atoms with Crippen molar-refractivity contribution in [3.8, 4) is 5.75 Å². The first-order valence-electron chi connectivity index (χ1n) is 5.53. The van der Waals surface area contributed by atoms with Gasteiger partial charge < -0.3 is 20.9 Å². The van der Waals surface area contributed by atoms with E-state index in [0.29, 0.717) is 0 Å². The van der Waals surface area contributed by atoms with Gasteiger partial charge in [0.2, 0.25) is 0 Å². The number of nitrogens with one attached hydrogen (secondary N) is 1. The Morgan fingerprint density at radius 3 is 2.88 bits per heavy atom. The summed E-state index contributed by atoms with van der Waals surface area (Å²) < 4.78 is 5.13. The van der Waals surface area contributed by atoms with Crippen molar-refractivity contribution >= 4 is 11.6 Å². The third-order valence-electron chi connectivity index (χ3n) is 3.08. The van der Waals surface area contributed by atoms with Gasteiger partial charge in [0.05, 0.1) is 17.4 Å². The zero-order chi connectivity index (χ0) is 12.4. The van der Waals surface area contributed by atoms with E-state index >= 15 is 0 Å². The standard InChI is InChI=1S/C12H16N2O3/c1-17-8-5-7(6-8)14-12(16)9-3-2-4-10(13)11(9)15/h2-4,7-8,15H,5-6,13H2,1H3,(H,14,16). The number of rotatable bonds is 3. The van der Waals surface area contributed by atoms with E-state index in [4.69, 9.17) is 10.5 Å². The molecule has 92 valence electrons. The highest BCUT2D eigenvalue weighted by molar-refractivity contribution is 5.98. The summed E-state index contributed by atoms with van der Waals surface area (Å²) in [6.07, 6.45) is 1.85. The zero-order valence-corrected chi connectivity index (χ0v) is 9.64. The zero-order valence-electron chi connectivity index (χ0n) is 9.64. The lowest BCUT2D eigenvalue weighted by atomic mass is 9.89. The highest BCUT2D eigenvalue weighted by Gasteiger charge is 2.30. The second-order valence-electron chi connectivity index (χ2n) is 4.24. The maximum absolute atomic E-state index is 11.8. The fraction of sp³-hybridized carbons (Fsp3) is 0.417. The van der Waals surface area contributed by atoms with Crippen LogP contribution in [0.5, 0.6) is 5.75 Å². The van der Waals surface area contributed by atoms with Gasteiger partial charge >= 0.3 is 0 Å². The van der Waals surface area contributed by atoms with E-state index in [1.807, 2.05) is 0 Å². The number of carbonyl (C=O) groups is 1. The molecule has 0 heterocycles. The molecule has 1 aliphatic rings. The molecule has 0 aliphatic heterocycles. The monoisotopic (exact) mass is 236 g/mol. The fourth-order valence-electron chi connectivity index (χ4n) is 1.88. The molecule has 0 spiro atoms. The van der Waals surface area contributed by atoms with Crippen LogP contribution >= 0.6 is 0 Å². The van der Waals surface area contributed by atoms with Gasteiger partial charge in [-0.25, -0.2) is 0 Å². The van der Waals surface area contributed by atoms with Gasteiger partial charge in [-0.05, 0) is 25.0 Å². The van der Waals surface area contributed by atoms with Crippen molar-refractivity contribution in [3.05, 3.63) is 23.8 Å². The van der Waals surface area contributed by atoms with Crippen LogP contribution < -0.4 is 11.1 Å². The molecule has 4 N–H and O–H groups in total. The Bertz CT molecular complexity index is 428. The van der Waals surface area contributed by atoms with E-state index in [1.165, 1.54) is 0 Å². The lowest BCUT2D eigenvalue weighted by Crippen LogP contribution is -2.47. The predicted molar refractivity (Wildman–Crippen MR) is 63.8 cm³/mol. The van der Waals surface area contributed by atoms with Crippen LogP contribution in [0.4, 0.5) is 5.69 Å². The lowest BCUT2D eigenvalue weighted by molar-refractivity contribution is 0.0176. The number of benzene rings is 1. The van der Waals surface area contributed by atoms with Crippen molar-refractivity contribution in [3.63, 3.8) is 0 Å². The van der Waals surface area contributed by atoms with Crippen molar-refractivity contribution < 1.29 is 14.6 Å². The molecule has 2 rings (SSSR count). The minimum atomic E-state index is -0.297. The molecular formula is C12H16N2O3. The SMILES string of the molecule is COC1CC(NC(=O)c2cccc(N)c2O)C1. The number of hydrogen-bond donors (Lipinski definition) is 3. The van der Waals surface area contributed by atoms with Gasteiger partial charge in [0.15, 0.2) is 5.75 Å². The molecule has 1 saturated carbocycles. The molecule has 1 fully saturated rings. The van der Waals surface area contributed by atoms with Gasteiger partial charge in [-0.2, -0.15) is 0 Å². The molecule has 1 amide bonds. The van der Waals surface area contributed by atoms with Crippen molar-refractivity contribution in [2.45, 2.75) is 25.0 Å². The quantitative estimate of drug-likeness (QED) is 0.537. The molecule has 5 nitrogen and oxygen atoms in total. The van der Waals surface area contributed by atoms with Crippen LogP contribution in [-0.2, 0) is 4.74 Å². The van der Waals surface area contributed by atoms with Gasteiger partial charge in [0.1, 0.15) is 0 Å². The summed E-state index contributed by atoms with van der Waals surface area (Å²) in [6, 6.07) is 4.86. The number of hydrogen-bond acceptors (Lipinski definition) is 4. The van der Waals surface area contributed by atoms with Crippen LogP contribution in [-0.4, -0.2) is 30.3 Å². The van der Waals surface area contributed by atoms with Crippen LogP contribution in [0.3, 0.4) is 0 Å². The fourth-order valence-corrected chi connectivity index (χ4v) is 1.88. The first-order valence-corrected chi connectivity index (χ1v) is 5.53. The first-order chi connectivity index (χ1) is 8.11. The smallest absolute Gasteiger partial charge is 0.255 e. The molecule has 1 aromatic rings. The van der Waals surface area contributed by atoms with Crippen molar-refractivity contribution in [2.75, 3.05) is 12.8 Å². The van der Waals surface area contributed by atoms with E-state index < -0.39 is 0 Å². The summed E-state index contributed by atoms with van der Waals surface area (Å²) in [7, 11) is 1.66. The minimum Gasteiger partial charge on any atom is -0.505 e. The number of amides is 1. The van der Waals surface area contributed by atoms with Crippen LogP contribution in [0.25, 0.3) is 0 Å². The van der Waals surface area contributed by atoms with Gasteiger partial charge in [-0.15, -0.1) is 0 Å². The van der Waals surface area contributed by atoms with Crippen molar-refractivity contribution in [2.24, 2.45) is 0 Å². The molecule has 0 aromatic heterocycles. The summed E-state index contributed by atoms with van der Waals surface area (Å²) in [4.78, 5) is 11.8. The number of nitrogens with two attached hydrogens (primary N) is 1. The predicted octanol–water partition coefficient (Wildman–Crippen LogP) is 0.882. The van der Waals surface area contributed by atoms with Crippen LogP contribution in [0.2, 0.25) is 0 Å². The third-order valence-corrected chi connectivity index (χ3v) is 3.08. The second-order valence-corrected chi connectivity index (χ2v) is 4.24. The number of nitrogen functional groups attached to an aromatic ring is 1. The number of methoxy groups -OCH3 is 1. The molecule has 1 aliphatic carbocycles. The number of aromatic hydroxyl groups is 1. The lowest BCUT2D eigenvalue weighted by Gasteiger charge is -2.34. The number of phenolic OH excluding ortho intramolecular Hbond substituents is 1. The summed E-state index contributed by atoms with van der Waals surface area (Å²) in [6.45, 7) is 0. The molecule has 0 saturated heterocycles.